The van der Waals surface area contributed by atoms with Gasteiger partial charge in [-0.3, -0.25) is 9.59 Å². The molecule has 8 nitrogen and oxygen atoms in total. The fourth-order valence-corrected chi connectivity index (χ4v) is 5.33. The summed E-state index contributed by atoms with van der Waals surface area (Å²) in [6, 6.07) is 23.9. The van der Waals surface area contributed by atoms with E-state index in [0.29, 0.717) is 37.2 Å². The first-order valence-corrected chi connectivity index (χ1v) is 14.5. The first kappa shape index (κ1) is 29.9. The summed E-state index contributed by atoms with van der Waals surface area (Å²) in [5.41, 5.74) is 4.81. The number of aryl methyl sites for hydroxylation is 1. The van der Waals surface area contributed by atoms with Crippen molar-refractivity contribution in [3.63, 3.8) is 0 Å². The summed E-state index contributed by atoms with van der Waals surface area (Å²) in [5.74, 6) is -0.542. The van der Waals surface area contributed by atoms with Crippen LogP contribution in [0.25, 0.3) is 0 Å². The van der Waals surface area contributed by atoms with Crippen molar-refractivity contribution in [1.29, 1.82) is 0 Å². The number of aliphatic hydroxyl groups excluding tert-OH is 1. The maximum atomic E-state index is 13.4. The smallest absolute Gasteiger partial charge is 0.253 e. The van der Waals surface area contributed by atoms with E-state index < -0.39 is 12.1 Å². The largest absolute Gasteiger partial charge is 0.390 e. The first-order valence-electron chi connectivity index (χ1n) is 13.6. The minimum absolute atomic E-state index is 0.195. The molecule has 4 rings (SSSR count). The number of nitrogens with one attached hydrogen (secondary N) is 3. The molecule has 0 aliphatic heterocycles. The Kier molecular flexibility index (Phi) is 10.6. The molecule has 0 saturated heterocycles. The molecule has 9 heteroatoms. The molecule has 214 valence electrons. The second-order valence-corrected chi connectivity index (χ2v) is 11.0. The van der Waals surface area contributed by atoms with Gasteiger partial charge in [0.05, 0.1) is 18.7 Å². The van der Waals surface area contributed by atoms with Gasteiger partial charge in [-0.25, -0.2) is 4.98 Å². The standard InChI is InChI=1S/C32H37N5O3S/c1-22-21-41-30(35-22)20-37(3)32(40)26-13-8-12-25(17-26)31(39)36-28(16-23-9-5-4-6-10-23)29(38)19-34-18-24-11-7-14-27(15-24)33-2/h4-15,17,21,28-29,33-34,38H,16,18-20H2,1-3H3,(H,36,39)/t28-,29+/m0/s1. The van der Waals surface area contributed by atoms with Gasteiger partial charge in [0.2, 0.25) is 0 Å². The van der Waals surface area contributed by atoms with Crippen molar-refractivity contribution in [3.8, 4) is 0 Å². The van der Waals surface area contributed by atoms with Gasteiger partial charge in [0.15, 0.2) is 0 Å². The van der Waals surface area contributed by atoms with E-state index in [1.54, 1.807) is 36.2 Å². The Morgan fingerprint density at radius 3 is 2.44 bits per heavy atom. The molecular weight excluding hydrogens is 534 g/mol. The van der Waals surface area contributed by atoms with Crippen LogP contribution in [0.2, 0.25) is 0 Å². The van der Waals surface area contributed by atoms with Crippen LogP contribution in [-0.2, 0) is 19.5 Å². The number of benzene rings is 3. The normalized spacial score (nSPS) is 12.4. The lowest BCUT2D eigenvalue weighted by Crippen LogP contribution is -2.48. The Labute approximate surface area is 245 Å². The minimum Gasteiger partial charge on any atom is -0.390 e. The van der Waals surface area contributed by atoms with Gasteiger partial charge in [0.25, 0.3) is 11.8 Å². The highest BCUT2D eigenvalue weighted by Crippen LogP contribution is 2.15. The summed E-state index contributed by atoms with van der Waals surface area (Å²) in [7, 11) is 3.60. The van der Waals surface area contributed by atoms with Crippen LogP contribution in [0.15, 0.2) is 84.2 Å². The van der Waals surface area contributed by atoms with Crippen LogP contribution in [0.1, 0.15) is 42.5 Å². The van der Waals surface area contributed by atoms with Crippen LogP contribution in [0.5, 0.6) is 0 Å². The third-order valence-electron chi connectivity index (χ3n) is 6.74. The van der Waals surface area contributed by atoms with Crippen LogP contribution >= 0.6 is 11.3 Å². The lowest BCUT2D eigenvalue weighted by Gasteiger charge is -2.25. The summed E-state index contributed by atoms with van der Waals surface area (Å²) < 4.78 is 0. The lowest BCUT2D eigenvalue weighted by atomic mass is 10.00. The second-order valence-electron chi connectivity index (χ2n) is 10.0. The maximum Gasteiger partial charge on any atom is 0.253 e. The van der Waals surface area contributed by atoms with Crippen molar-refractivity contribution in [1.82, 2.24) is 20.5 Å². The maximum absolute atomic E-state index is 13.4. The average Bonchev–Trinajstić information content (AvgIpc) is 3.41. The number of nitrogens with zero attached hydrogens (tertiary/aromatic N) is 2. The van der Waals surface area contributed by atoms with Crippen LogP contribution < -0.4 is 16.0 Å². The molecule has 2 atom stereocenters. The number of carbonyl (C=O) groups is 2. The molecule has 0 aliphatic rings. The Morgan fingerprint density at radius 1 is 0.976 bits per heavy atom. The van der Waals surface area contributed by atoms with Gasteiger partial charge in [-0.1, -0.05) is 48.5 Å². The molecule has 1 heterocycles. The van der Waals surface area contributed by atoms with E-state index in [1.807, 2.05) is 73.9 Å². The second kappa shape index (κ2) is 14.5. The third-order valence-corrected chi connectivity index (χ3v) is 7.69. The number of aromatic nitrogens is 1. The van der Waals surface area contributed by atoms with E-state index in [2.05, 4.69) is 20.9 Å². The molecule has 2 amide bonds. The molecule has 0 fully saturated rings. The molecule has 0 saturated carbocycles. The molecule has 0 unspecified atom stereocenters. The first-order chi connectivity index (χ1) is 19.8. The number of hydrogen-bond donors (Lipinski definition) is 4. The van der Waals surface area contributed by atoms with E-state index in [1.165, 1.54) is 11.3 Å². The average molecular weight is 572 g/mol. The van der Waals surface area contributed by atoms with Crippen molar-refractivity contribution >= 4 is 28.8 Å². The zero-order chi connectivity index (χ0) is 29.2. The van der Waals surface area contributed by atoms with Gasteiger partial charge >= 0.3 is 0 Å². The Morgan fingerprint density at radius 2 is 1.71 bits per heavy atom. The van der Waals surface area contributed by atoms with Crippen LogP contribution in [0.4, 0.5) is 5.69 Å². The summed E-state index contributed by atoms with van der Waals surface area (Å²) >= 11 is 1.51. The SMILES string of the molecule is CNc1cccc(CNC[C@@H](O)[C@H](Cc2ccccc2)NC(=O)c2cccc(C(=O)N(C)Cc3nc(C)cs3)c2)c1. The van der Waals surface area contributed by atoms with Crippen molar-refractivity contribution in [3.05, 3.63) is 117 Å². The molecule has 4 N–H and O–H groups in total. The molecule has 0 bridgehead atoms. The quantitative estimate of drug-likeness (QED) is 0.191. The molecule has 0 radical (unpaired) electrons. The number of hydrogen-bond acceptors (Lipinski definition) is 7. The fraction of sp³-hybridized carbons (Fsp3) is 0.281. The lowest BCUT2D eigenvalue weighted by molar-refractivity contribution is 0.0784. The van der Waals surface area contributed by atoms with Crippen LogP contribution in [-0.4, -0.2) is 59.6 Å². The van der Waals surface area contributed by atoms with Crippen molar-refractivity contribution in [2.75, 3.05) is 26.0 Å². The van der Waals surface area contributed by atoms with E-state index in [0.717, 1.165) is 27.5 Å². The van der Waals surface area contributed by atoms with Gasteiger partial charge < -0.3 is 26.0 Å². The third kappa shape index (κ3) is 8.72. The number of rotatable bonds is 13. The van der Waals surface area contributed by atoms with Gasteiger partial charge in [-0.2, -0.15) is 0 Å². The number of anilines is 1. The fourth-order valence-electron chi connectivity index (χ4n) is 4.51. The summed E-state index contributed by atoms with van der Waals surface area (Å²) in [6.07, 6.45) is -0.386. The number of amides is 2. The zero-order valence-electron chi connectivity index (χ0n) is 23.6. The van der Waals surface area contributed by atoms with Gasteiger partial charge in [-0.15, -0.1) is 11.3 Å². The molecular formula is C32H37N5O3S. The Hall–Kier alpha value is -4.05. The monoisotopic (exact) mass is 571 g/mol. The highest BCUT2D eigenvalue weighted by molar-refractivity contribution is 7.09. The Bertz CT molecular complexity index is 1440. The van der Waals surface area contributed by atoms with Crippen LogP contribution in [0, 0.1) is 6.92 Å². The molecule has 3 aromatic carbocycles. The predicted octanol–water partition coefficient (Wildman–Crippen LogP) is 4.26. The molecule has 0 aliphatic carbocycles. The zero-order valence-corrected chi connectivity index (χ0v) is 24.4. The number of carbonyl (C=O) groups excluding carboxylic acids is 2. The van der Waals surface area contributed by atoms with Crippen molar-refractivity contribution < 1.29 is 14.7 Å². The highest BCUT2D eigenvalue weighted by atomic mass is 32.1. The molecule has 41 heavy (non-hydrogen) atoms. The van der Waals surface area contributed by atoms with Gasteiger partial charge in [0.1, 0.15) is 5.01 Å². The van der Waals surface area contributed by atoms with E-state index in [4.69, 9.17) is 0 Å². The predicted molar refractivity (Wildman–Crippen MR) is 164 cm³/mol. The summed E-state index contributed by atoms with van der Waals surface area (Å²) in [6.45, 7) is 3.19. The highest BCUT2D eigenvalue weighted by Gasteiger charge is 2.23. The van der Waals surface area contributed by atoms with Crippen LogP contribution in [0.3, 0.4) is 0 Å². The van der Waals surface area contributed by atoms with E-state index >= 15 is 0 Å². The van der Waals surface area contributed by atoms with Gasteiger partial charge in [0, 0.05) is 55.1 Å². The number of aliphatic hydroxyl groups is 1. The summed E-state index contributed by atoms with van der Waals surface area (Å²) in [5, 5.41) is 23.4. The van der Waals surface area contributed by atoms with E-state index in [-0.39, 0.29) is 11.8 Å². The molecule has 4 aromatic rings. The Balaban J connectivity index is 1.42. The number of thiazole rings is 1. The van der Waals surface area contributed by atoms with E-state index in [9.17, 15) is 14.7 Å². The minimum atomic E-state index is -0.843. The summed E-state index contributed by atoms with van der Waals surface area (Å²) in [4.78, 5) is 32.5. The topological polar surface area (TPSA) is 107 Å². The molecule has 1 aromatic heterocycles. The van der Waals surface area contributed by atoms with Gasteiger partial charge in [-0.05, 0) is 54.8 Å². The van der Waals surface area contributed by atoms with Crippen molar-refractivity contribution in [2.24, 2.45) is 0 Å². The van der Waals surface area contributed by atoms with Crippen molar-refractivity contribution in [2.45, 2.75) is 38.6 Å². The molecule has 0 spiro atoms.